The third kappa shape index (κ3) is 8.58. The lowest BCUT2D eigenvalue weighted by Crippen LogP contribution is -2.25. The Morgan fingerprint density at radius 2 is 1.75 bits per heavy atom. The Balaban J connectivity index is 3.56. The zero-order chi connectivity index (χ0) is 12.4. The highest BCUT2D eigenvalue weighted by Gasteiger charge is 2.01. The van der Waals surface area contributed by atoms with Crippen molar-refractivity contribution in [2.75, 3.05) is 0 Å². The number of hydrogen-bond acceptors (Lipinski definition) is 1. The second kappa shape index (κ2) is 9.50. The van der Waals surface area contributed by atoms with E-state index >= 15 is 0 Å². The SMILES string of the molecule is CCC(C)CCC=C/C=C\NC(C)C(C)C. The molecule has 1 nitrogen and oxygen atoms in total. The molecule has 0 aromatic carbocycles. The summed E-state index contributed by atoms with van der Waals surface area (Å²) in [6.45, 7) is 11.2. The molecule has 0 saturated heterocycles. The summed E-state index contributed by atoms with van der Waals surface area (Å²) in [5.74, 6) is 1.53. The monoisotopic (exact) mass is 223 g/mol. The molecular formula is C15H29N. The summed E-state index contributed by atoms with van der Waals surface area (Å²) in [6, 6.07) is 0.546. The average Bonchev–Trinajstić information content (AvgIpc) is 2.26. The van der Waals surface area contributed by atoms with Crippen LogP contribution >= 0.6 is 0 Å². The van der Waals surface area contributed by atoms with E-state index in [4.69, 9.17) is 0 Å². The summed E-state index contributed by atoms with van der Waals surface area (Å²) in [5.41, 5.74) is 0. The summed E-state index contributed by atoms with van der Waals surface area (Å²) in [4.78, 5) is 0. The van der Waals surface area contributed by atoms with E-state index < -0.39 is 0 Å². The van der Waals surface area contributed by atoms with Crippen LogP contribution in [0.5, 0.6) is 0 Å². The zero-order valence-corrected chi connectivity index (χ0v) is 11.7. The molecule has 0 aliphatic carbocycles. The smallest absolute Gasteiger partial charge is 0.0250 e. The minimum atomic E-state index is 0.546. The van der Waals surface area contributed by atoms with Crippen LogP contribution in [0.3, 0.4) is 0 Å². The molecule has 0 aliphatic rings. The quantitative estimate of drug-likeness (QED) is 0.597. The average molecular weight is 223 g/mol. The van der Waals surface area contributed by atoms with Crippen LogP contribution in [0, 0.1) is 11.8 Å². The number of allylic oxidation sites excluding steroid dienone is 3. The van der Waals surface area contributed by atoms with Crippen molar-refractivity contribution in [2.45, 2.75) is 59.9 Å². The molecule has 94 valence electrons. The Morgan fingerprint density at radius 1 is 1.06 bits per heavy atom. The molecule has 0 heterocycles. The first-order chi connectivity index (χ1) is 7.57. The Kier molecular flexibility index (Phi) is 9.07. The van der Waals surface area contributed by atoms with E-state index in [-0.39, 0.29) is 0 Å². The standard InChI is InChI=1S/C15H29N/c1-6-14(4)11-9-7-8-10-12-16-15(5)13(2)3/h7-8,10,12-16H,6,9,11H2,1-5H3/b8-7?,12-10-. The molecule has 0 radical (unpaired) electrons. The molecule has 16 heavy (non-hydrogen) atoms. The van der Waals surface area contributed by atoms with Crippen molar-refractivity contribution in [1.29, 1.82) is 0 Å². The van der Waals surface area contributed by atoms with E-state index in [9.17, 15) is 0 Å². The highest BCUT2D eigenvalue weighted by molar-refractivity contribution is 5.02. The molecule has 0 spiro atoms. The third-order valence-electron chi connectivity index (χ3n) is 3.23. The predicted molar refractivity (Wildman–Crippen MR) is 74.4 cm³/mol. The maximum atomic E-state index is 3.36. The van der Waals surface area contributed by atoms with Gasteiger partial charge in [-0.15, -0.1) is 0 Å². The molecule has 0 saturated carbocycles. The summed E-state index contributed by atoms with van der Waals surface area (Å²) < 4.78 is 0. The van der Waals surface area contributed by atoms with Crippen molar-refractivity contribution < 1.29 is 0 Å². The third-order valence-corrected chi connectivity index (χ3v) is 3.23. The van der Waals surface area contributed by atoms with E-state index in [1.807, 2.05) is 6.20 Å². The molecule has 1 N–H and O–H groups in total. The van der Waals surface area contributed by atoms with E-state index in [0.717, 1.165) is 5.92 Å². The highest BCUT2D eigenvalue weighted by atomic mass is 14.9. The molecule has 0 aliphatic heterocycles. The minimum absolute atomic E-state index is 0.546. The van der Waals surface area contributed by atoms with Crippen LogP contribution in [0.15, 0.2) is 24.4 Å². The van der Waals surface area contributed by atoms with Crippen LogP contribution < -0.4 is 5.32 Å². The molecule has 0 amide bonds. The van der Waals surface area contributed by atoms with Crippen LogP contribution in [0.25, 0.3) is 0 Å². The second-order valence-corrected chi connectivity index (χ2v) is 5.08. The van der Waals surface area contributed by atoms with E-state index in [1.54, 1.807) is 0 Å². The summed E-state index contributed by atoms with van der Waals surface area (Å²) in [5, 5.41) is 3.36. The fourth-order valence-electron chi connectivity index (χ4n) is 1.22. The molecule has 0 aromatic rings. The van der Waals surface area contributed by atoms with Gasteiger partial charge in [-0.3, -0.25) is 0 Å². The largest absolute Gasteiger partial charge is 0.388 e. The second-order valence-electron chi connectivity index (χ2n) is 5.08. The van der Waals surface area contributed by atoms with Crippen LogP contribution in [0.2, 0.25) is 0 Å². The predicted octanol–water partition coefficient (Wildman–Crippen LogP) is 4.52. The minimum Gasteiger partial charge on any atom is -0.388 e. The van der Waals surface area contributed by atoms with Gasteiger partial charge in [-0.2, -0.15) is 0 Å². The lowest BCUT2D eigenvalue weighted by atomic mass is 10.0. The molecule has 0 rings (SSSR count). The fraction of sp³-hybridized carbons (Fsp3) is 0.733. The van der Waals surface area contributed by atoms with Gasteiger partial charge in [0.25, 0.3) is 0 Å². The molecule has 0 aromatic heterocycles. The zero-order valence-electron chi connectivity index (χ0n) is 11.7. The van der Waals surface area contributed by atoms with Crippen molar-refractivity contribution >= 4 is 0 Å². The summed E-state index contributed by atoms with van der Waals surface area (Å²) >= 11 is 0. The molecule has 2 unspecified atom stereocenters. The van der Waals surface area contributed by atoms with Gasteiger partial charge in [0.1, 0.15) is 0 Å². The van der Waals surface area contributed by atoms with Crippen LogP contribution in [0.4, 0.5) is 0 Å². The molecular weight excluding hydrogens is 194 g/mol. The normalized spacial score (nSPS) is 16.1. The Bertz CT molecular complexity index is 203. The number of nitrogens with one attached hydrogen (secondary N) is 1. The lowest BCUT2D eigenvalue weighted by Gasteiger charge is -2.14. The first-order valence-corrected chi connectivity index (χ1v) is 6.65. The van der Waals surface area contributed by atoms with Gasteiger partial charge in [0.05, 0.1) is 0 Å². The van der Waals surface area contributed by atoms with Crippen molar-refractivity contribution in [3.63, 3.8) is 0 Å². The van der Waals surface area contributed by atoms with Gasteiger partial charge < -0.3 is 5.32 Å². The Hall–Kier alpha value is -0.720. The molecule has 2 atom stereocenters. The Labute approximate surface area is 102 Å². The maximum Gasteiger partial charge on any atom is 0.0250 e. The molecule has 0 fully saturated rings. The van der Waals surface area contributed by atoms with E-state index in [1.165, 1.54) is 19.3 Å². The first-order valence-electron chi connectivity index (χ1n) is 6.65. The number of hydrogen-bond donors (Lipinski definition) is 1. The van der Waals surface area contributed by atoms with Gasteiger partial charge in [0.2, 0.25) is 0 Å². The molecule has 0 bridgehead atoms. The fourth-order valence-corrected chi connectivity index (χ4v) is 1.22. The summed E-state index contributed by atoms with van der Waals surface area (Å²) in [6.07, 6.45) is 12.3. The maximum absolute atomic E-state index is 3.36. The van der Waals surface area contributed by atoms with Crippen molar-refractivity contribution in [2.24, 2.45) is 11.8 Å². The highest BCUT2D eigenvalue weighted by Crippen LogP contribution is 2.09. The summed E-state index contributed by atoms with van der Waals surface area (Å²) in [7, 11) is 0. The van der Waals surface area contributed by atoms with E-state index in [0.29, 0.717) is 12.0 Å². The van der Waals surface area contributed by atoms with Gasteiger partial charge >= 0.3 is 0 Å². The topological polar surface area (TPSA) is 12.0 Å². The van der Waals surface area contributed by atoms with Gasteiger partial charge in [0, 0.05) is 6.04 Å². The Morgan fingerprint density at radius 3 is 2.31 bits per heavy atom. The van der Waals surface area contributed by atoms with Crippen LogP contribution in [-0.4, -0.2) is 6.04 Å². The number of rotatable bonds is 8. The molecule has 1 heteroatoms. The van der Waals surface area contributed by atoms with Crippen LogP contribution in [0.1, 0.15) is 53.9 Å². The van der Waals surface area contributed by atoms with Gasteiger partial charge in [-0.05, 0) is 43.9 Å². The lowest BCUT2D eigenvalue weighted by molar-refractivity contribution is 0.474. The van der Waals surface area contributed by atoms with Gasteiger partial charge in [0.15, 0.2) is 0 Å². The van der Waals surface area contributed by atoms with Gasteiger partial charge in [-0.25, -0.2) is 0 Å². The van der Waals surface area contributed by atoms with E-state index in [2.05, 4.69) is 58.2 Å². The van der Waals surface area contributed by atoms with Crippen LogP contribution in [-0.2, 0) is 0 Å². The van der Waals surface area contributed by atoms with Crippen molar-refractivity contribution in [3.8, 4) is 0 Å². The van der Waals surface area contributed by atoms with Crippen molar-refractivity contribution in [1.82, 2.24) is 5.32 Å². The van der Waals surface area contributed by atoms with Gasteiger partial charge in [-0.1, -0.05) is 46.3 Å². The van der Waals surface area contributed by atoms with Crippen molar-refractivity contribution in [3.05, 3.63) is 24.4 Å². The first kappa shape index (κ1) is 15.3.